The number of hydrogen-bond acceptors (Lipinski definition) is 4. The average Bonchev–Trinajstić information content (AvgIpc) is 3.44. The van der Waals surface area contributed by atoms with Crippen LogP contribution in [0.2, 0.25) is 0 Å². The Bertz CT molecular complexity index is 827. The molecule has 3 rings (SSSR count). The number of benzene rings is 1. The highest BCUT2D eigenvalue weighted by Gasteiger charge is 2.28. The zero-order chi connectivity index (χ0) is 21.5. The molecule has 2 aromatic rings. The summed E-state index contributed by atoms with van der Waals surface area (Å²) in [7, 11) is 0. The molecule has 162 valence electrons. The van der Waals surface area contributed by atoms with Crippen molar-refractivity contribution in [3.8, 4) is 0 Å². The molecule has 2 atom stereocenters. The second-order valence-electron chi connectivity index (χ2n) is 8.05. The van der Waals surface area contributed by atoms with Crippen LogP contribution < -0.4 is 0 Å². The van der Waals surface area contributed by atoms with Gasteiger partial charge in [-0.3, -0.25) is 9.59 Å². The second-order valence-corrected chi connectivity index (χ2v) is 8.05. The summed E-state index contributed by atoms with van der Waals surface area (Å²) in [5.41, 5.74) is 1.63. The van der Waals surface area contributed by atoms with E-state index in [9.17, 15) is 9.59 Å². The lowest BCUT2D eigenvalue weighted by Gasteiger charge is -2.32. The van der Waals surface area contributed by atoms with Gasteiger partial charge in [0, 0.05) is 24.8 Å². The fourth-order valence-corrected chi connectivity index (χ4v) is 3.72. The molecule has 0 aliphatic carbocycles. The standard InChI is InChI=1S/C24H32N2O4/c1-4-19(3)26(24(28)20-9-5-8-18(2)14-20)17-23(27)25(15-21-10-6-12-29-21)16-22-11-7-13-30-22/h5-6,8-10,12,14,19,22H,4,7,11,13,15-17H2,1-3H3/t19-,22-/m0/s1. The first kappa shape index (κ1) is 22.1. The molecule has 6 nitrogen and oxygen atoms in total. The van der Waals surface area contributed by atoms with Crippen molar-refractivity contribution in [3.63, 3.8) is 0 Å². The minimum atomic E-state index is -0.114. The molecule has 1 aromatic carbocycles. The monoisotopic (exact) mass is 412 g/mol. The van der Waals surface area contributed by atoms with E-state index in [1.165, 1.54) is 0 Å². The number of carbonyl (C=O) groups excluding carboxylic acids is 2. The molecule has 0 spiro atoms. The van der Waals surface area contributed by atoms with Crippen LogP contribution in [0.1, 0.15) is 54.8 Å². The lowest BCUT2D eigenvalue weighted by Crippen LogP contribution is -2.47. The molecule has 0 unspecified atom stereocenters. The minimum absolute atomic E-state index is 0.0356. The Kier molecular flexibility index (Phi) is 7.69. The largest absolute Gasteiger partial charge is 0.467 e. The van der Waals surface area contributed by atoms with Crippen molar-refractivity contribution in [2.45, 2.75) is 58.7 Å². The van der Waals surface area contributed by atoms with Crippen LogP contribution in [-0.2, 0) is 16.1 Å². The maximum Gasteiger partial charge on any atom is 0.254 e. The molecule has 1 aliphatic rings. The van der Waals surface area contributed by atoms with Crippen LogP contribution >= 0.6 is 0 Å². The van der Waals surface area contributed by atoms with Gasteiger partial charge in [-0.25, -0.2) is 0 Å². The Hall–Kier alpha value is -2.60. The minimum Gasteiger partial charge on any atom is -0.467 e. The first-order valence-corrected chi connectivity index (χ1v) is 10.8. The van der Waals surface area contributed by atoms with E-state index >= 15 is 0 Å². The van der Waals surface area contributed by atoms with Gasteiger partial charge in [0.25, 0.3) is 5.91 Å². The van der Waals surface area contributed by atoms with Crippen LogP contribution in [0, 0.1) is 6.92 Å². The molecule has 6 heteroatoms. The van der Waals surface area contributed by atoms with Gasteiger partial charge in [-0.1, -0.05) is 24.6 Å². The third-order valence-corrected chi connectivity index (χ3v) is 5.68. The van der Waals surface area contributed by atoms with Crippen molar-refractivity contribution >= 4 is 11.8 Å². The Balaban J connectivity index is 1.77. The molecular weight excluding hydrogens is 380 g/mol. The van der Waals surface area contributed by atoms with Crippen molar-refractivity contribution in [3.05, 3.63) is 59.5 Å². The van der Waals surface area contributed by atoms with Gasteiger partial charge in [-0.15, -0.1) is 0 Å². The Morgan fingerprint density at radius 3 is 2.70 bits per heavy atom. The Labute approximate surface area is 178 Å². The van der Waals surface area contributed by atoms with Crippen molar-refractivity contribution in [1.82, 2.24) is 9.80 Å². The van der Waals surface area contributed by atoms with Gasteiger partial charge in [0.05, 0.1) is 18.9 Å². The summed E-state index contributed by atoms with van der Waals surface area (Å²) in [6.07, 6.45) is 4.37. The highest BCUT2D eigenvalue weighted by atomic mass is 16.5. The maximum atomic E-state index is 13.3. The van der Waals surface area contributed by atoms with Gasteiger partial charge in [0.1, 0.15) is 12.3 Å². The van der Waals surface area contributed by atoms with E-state index in [4.69, 9.17) is 9.15 Å². The first-order chi connectivity index (χ1) is 14.5. The topological polar surface area (TPSA) is 63.0 Å². The van der Waals surface area contributed by atoms with E-state index in [2.05, 4.69) is 0 Å². The van der Waals surface area contributed by atoms with Crippen LogP contribution in [0.25, 0.3) is 0 Å². The molecule has 1 saturated heterocycles. The number of hydrogen-bond donors (Lipinski definition) is 0. The zero-order valence-corrected chi connectivity index (χ0v) is 18.2. The van der Waals surface area contributed by atoms with Gasteiger partial charge in [-0.05, 0) is 57.4 Å². The van der Waals surface area contributed by atoms with E-state index in [0.29, 0.717) is 18.7 Å². The van der Waals surface area contributed by atoms with Crippen molar-refractivity contribution in [2.24, 2.45) is 0 Å². The summed E-state index contributed by atoms with van der Waals surface area (Å²) in [4.78, 5) is 30.0. The zero-order valence-electron chi connectivity index (χ0n) is 18.2. The summed E-state index contributed by atoms with van der Waals surface area (Å²) in [5.74, 6) is 0.515. The normalized spacial score (nSPS) is 17.0. The van der Waals surface area contributed by atoms with Crippen LogP contribution in [-0.4, -0.2) is 53.5 Å². The average molecular weight is 413 g/mol. The van der Waals surface area contributed by atoms with Gasteiger partial charge < -0.3 is 19.0 Å². The lowest BCUT2D eigenvalue weighted by molar-refractivity contribution is -0.134. The number of carbonyl (C=O) groups is 2. The molecular formula is C24H32N2O4. The summed E-state index contributed by atoms with van der Waals surface area (Å²) in [5, 5.41) is 0. The lowest BCUT2D eigenvalue weighted by atomic mass is 10.1. The molecule has 30 heavy (non-hydrogen) atoms. The summed E-state index contributed by atoms with van der Waals surface area (Å²) >= 11 is 0. The Morgan fingerprint density at radius 1 is 1.23 bits per heavy atom. The van der Waals surface area contributed by atoms with Crippen molar-refractivity contribution < 1.29 is 18.7 Å². The molecule has 1 aliphatic heterocycles. The summed E-state index contributed by atoms with van der Waals surface area (Å²) in [6.45, 7) is 7.62. The van der Waals surface area contributed by atoms with E-state index in [-0.39, 0.29) is 30.5 Å². The van der Waals surface area contributed by atoms with Gasteiger partial charge >= 0.3 is 0 Å². The van der Waals surface area contributed by atoms with Gasteiger partial charge in [0.15, 0.2) is 0 Å². The van der Waals surface area contributed by atoms with Crippen LogP contribution in [0.4, 0.5) is 0 Å². The number of aryl methyl sites for hydroxylation is 1. The SMILES string of the molecule is CC[C@H](C)N(CC(=O)N(Cc1ccco1)C[C@@H]1CCCO1)C(=O)c1cccc(C)c1. The molecule has 2 heterocycles. The highest BCUT2D eigenvalue weighted by Crippen LogP contribution is 2.18. The van der Waals surface area contributed by atoms with E-state index in [1.54, 1.807) is 16.1 Å². The summed E-state index contributed by atoms with van der Waals surface area (Å²) in [6, 6.07) is 11.1. The smallest absolute Gasteiger partial charge is 0.254 e. The molecule has 0 saturated carbocycles. The fourth-order valence-electron chi connectivity index (χ4n) is 3.72. The van der Waals surface area contributed by atoms with Crippen LogP contribution in [0.3, 0.4) is 0 Å². The van der Waals surface area contributed by atoms with Gasteiger partial charge in [0.2, 0.25) is 5.91 Å². The molecule has 2 amide bonds. The molecule has 0 N–H and O–H groups in total. The number of rotatable bonds is 9. The van der Waals surface area contributed by atoms with Gasteiger partial charge in [-0.2, -0.15) is 0 Å². The number of nitrogens with zero attached hydrogens (tertiary/aromatic N) is 2. The van der Waals surface area contributed by atoms with Crippen LogP contribution in [0.5, 0.6) is 0 Å². The molecule has 0 radical (unpaired) electrons. The number of amides is 2. The highest BCUT2D eigenvalue weighted by molar-refractivity contribution is 5.96. The molecule has 1 aromatic heterocycles. The summed E-state index contributed by atoms with van der Waals surface area (Å²) < 4.78 is 11.2. The van der Waals surface area contributed by atoms with Crippen molar-refractivity contribution in [2.75, 3.05) is 19.7 Å². The quantitative estimate of drug-likeness (QED) is 0.624. The predicted octanol–water partition coefficient (Wildman–Crippen LogP) is 4.04. The molecule has 0 bridgehead atoms. The van der Waals surface area contributed by atoms with E-state index < -0.39 is 0 Å². The third kappa shape index (κ3) is 5.72. The number of ether oxygens (including phenoxy) is 1. The molecule has 1 fully saturated rings. The maximum absolute atomic E-state index is 13.3. The van der Waals surface area contributed by atoms with Crippen LogP contribution in [0.15, 0.2) is 47.1 Å². The third-order valence-electron chi connectivity index (χ3n) is 5.68. The predicted molar refractivity (Wildman–Crippen MR) is 115 cm³/mol. The number of furan rings is 1. The fraction of sp³-hybridized carbons (Fsp3) is 0.500. The van der Waals surface area contributed by atoms with E-state index in [0.717, 1.165) is 37.2 Å². The first-order valence-electron chi connectivity index (χ1n) is 10.8. The van der Waals surface area contributed by atoms with E-state index in [1.807, 2.05) is 57.2 Å². The Morgan fingerprint density at radius 2 is 2.07 bits per heavy atom. The second kappa shape index (κ2) is 10.4. The van der Waals surface area contributed by atoms with Crippen molar-refractivity contribution in [1.29, 1.82) is 0 Å².